The standard InChI is InChI=1S/C21H38N8O8/c1-3-10(2)16(20(36)37)29-19(35)13(9-15(31)32)28-18(34)12(6-7-14(23)30)27-17(33)11(22)5-4-8-26-21(24)25/h10-13,16H,3-9,22H2,1-2H3,(H2,23,30)(H,27,33)(H,28,34)(H,29,35)(H,31,32)(H,36,37)(H4,24,25,26). The van der Waals surface area contributed by atoms with E-state index in [1.807, 2.05) is 0 Å². The molecule has 0 aromatic carbocycles. The lowest BCUT2D eigenvalue weighted by Gasteiger charge is -2.26. The monoisotopic (exact) mass is 530 g/mol. The number of aliphatic imine (C=N–C) groups is 1. The van der Waals surface area contributed by atoms with E-state index in [9.17, 15) is 39.0 Å². The largest absolute Gasteiger partial charge is 0.481 e. The molecule has 0 saturated carbocycles. The molecule has 16 nitrogen and oxygen atoms in total. The summed E-state index contributed by atoms with van der Waals surface area (Å²) >= 11 is 0. The Morgan fingerprint density at radius 3 is 1.92 bits per heavy atom. The number of hydrogen-bond donors (Lipinski definition) is 9. The lowest BCUT2D eigenvalue weighted by Crippen LogP contribution is -2.58. The van der Waals surface area contributed by atoms with Crippen molar-refractivity contribution in [3.63, 3.8) is 0 Å². The molecule has 0 heterocycles. The van der Waals surface area contributed by atoms with E-state index in [0.29, 0.717) is 12.8 Å². The fraction of sp³-hybridized carbons (Fsp3) is 0.667. The SMILES string of the molecule is CCC(C)C(NC(=O)C(CC(=O)O)NC(=O)C(CCC(N)=O)NC(=O)C(N)CCCN=C(N)N)C(=O)O. The lowest BCUT2D eigenvalue weighted by atomic mass is 9.98. The Morgan fingerprint density at radius 1 is 0.865 bits per heavy atom. The number of nitrogens with two attached hydrogens (primary N) is 4. The highest BCUT2D eigenvalue weighted by Crippen LogP contribution is 2.09. The van der Waals surface area contributed by atoms with Gasteiger partial charge in [-0.05, 0) is 25.2 Å². The molecule has 0 aliphatic rings. The molecule has 0 radical (unpaired) electrons. The summed E-state index contributed by atoms with van der Waals surface area (Å²) in [5.74, 6) is -6.94. The number of nitrogens with zero attached hydrogens (tertiary/aromatic N) is 1. The first kappa shape index (κ1) is 33.0. The Labute approximate surface area is 214 Å². The van der Waals surface area contributed by atoms with Gasteiger partial charge in [-0.3, -0.25) is 29.0 Å². The number of nitrogens with one attached hydrogen (secondary N) is 3. The number of carbonyl (C=O) groups is 6. The average Bonchev–Trinajstić information content (AvgIpc) is 2.80. The summed E-state index contributed by atoms with van der Waals surface area (Å²) in [6.07, 6.45) is -0.538. The summed E-state index contributed by atoms with van der Waals surface area (Å²) in [6, 6.07) is -5.45. The van der Waals surface area contributed by atoms with Gasteiger partial charge < -0.3 is 49.1 Å². The number of carbonyl (C=O) groups excluding carboxylic acids is 4. The summed E-state index contributed by atoms with van der Waals surface area (Å²) in [4.78, 5) is 76.0. The van der Waals surface area contributed by atoms with E-state index in [1.165, 1.54) is 0 Å². The maximum absolute atomic E-state index is 12.9. The maximum Gasteiger partial charge on any atom is 0.326 e. The van der Waals surface area contributed by atoms with Crippen molar-refractivity contribution in [2.75, 3.05) is 6.54 Å². The van der Waals surface area contributed by atoms with E-state index in [0.717, 1.165) is 0 Å². The maximum atomic E-state index is 12.9. The summed E-state index contributed by atoms with van der Waals surface area (Å²) in [5.41, 5.74) is 21.4. The molecule has 0 rings (SSSR count). The van der Waals surface area contributed by atoms with Crippen LogP contribution in [0.4, 0.5) is 0 Å². The van der Waals surface area contributed by atoms with Crippen LogP contribution in [0.3, 0.4) is 0 Å². The number of amides is 4. The first-order chi connectivity index (χ1) is 17.2. The van der Waals surface area contributed by atoms with Gasteiger partial charge in [-0.2, -0.15) is 0 Å². The van der Waals surface area contributed by atoms with Crippen molar-refractivity contribution < 1.29 is 39.0 Å². The summed E-state index contributed by atoms with van der Waals surface area (Å²) in [7, 11) is 0. The Kier molecular flexibility index (Phi) is 14.9. The number of aliphatic carboxylic acids is 2. The molecular formula is C21H38N8O8. The van der Waals surface area contributed by atoms with E-state index < -0.39 is 72.1 Å². The molecule has 0 saturated heterocycles. The number of rotatable bonds is 18. The van der Waals surface area contributed by atoms with E-state index in [-0.39, 0.29) is 31.8 Å². The van der Waals surface area contributed by atoms with Gasteiger partial charge in [0.25, 0.3) is 0 Å². The van der Waals surface area contributed by atoms with Crippen molar-refractivity contribution >= 4 is 41.5 Å². The molecule has 0 aliphatic carbocycles. The zero-order chi connectivity index (χ0) is 28.7. The van der Waals surface area contributed by atoms with E-state index in [2.05, 4.69) is 20.9 Å². The van der Waals surface area contributed by atoms with Crippen LogP contribution in [0.5, 0.6) is 0 Å². The fourth-order valence-corrected chi connectivity index (χ4v) is 3.08. The third-order valence-corrected chi connectivity index (χ3v) is 5.41. The number of carboxylic acid groups (broad SMARTS) is 2. The van der Waals surface area contributed by atoms with Crippen LogP contribution in [0.15, 0.2) is 4.99 Å². The first-order valence-electron chi connectivity index (χ1n) is 11.6. The van der Waals surface area contributed by atoms with Crippen molar-refractivity contribution in [2.24, 2.45) is 33.8 Å². The third-order valence-electron chi connectivity index (χ3n) is 5.41. The Bertz CT molecular complexity index is 861. The average molecular weight is 531 g/mol. The summed E-state index contributed by atoms with van der Waals surface area (Å²) in [5, 5.41) is 25.4. The van der Waals surface area contributed by atoms with Crippen molar-refractivity contribution in [2.45, 2.75) is 76.5 Å². The van der Waals surface area contributed by atoms with Crippen LogP contribution in [-0.2, 0) is 28.8 Å². The molecule has 0 aliphatic heterocycles. The van der Waals surface area contributed by atoms with Crippen LogP contribution in [0.25, 0.3) is 0 Å². The second kappa shape index (κ2) is 16.7. The van der Waals surface area contributed by atoms with Gasteiger partial charge >= 0.3 is 11.9 Å². The van der Waals surface area contributed by atoms with Crippen molar-refractivity contribution in [3.05, 3.63) is 0 Å². The Hall–Kier alpha value is -3.95. The van der Waals surface area contributed by atoms with Crippen LogP contribution in [0.2, 0.25) is 0 Å². The van der Waals surface area contributed by atoms with Crippen molar-refractivity contribution in [1.82, 2.24) is 16.0 Å². The highest BCUT2D eigenvalue weighted by molar-refractivity contribution is 5.95. The Morgan fingerprint density at radius 2 is 1.43 bits per heavy atom. The predicted octanol–water partition coefficient (Wildman–Crippen LogP) is -3.31. The molecule has 37 heavy (non-hydrogen) atoms. The zero-order valence-corrected chi connectivity index (χ0v) is 20.9. The van der Waals surface area contributed by atoms with Gasteiger partial charge in [-0.1, -0.05) is 20.3 Å². The molecule has 0 spiro atoms. The quantitative estimate of drug-likeness (QED) is 0.0480. The second-order valence-electron chi connectivity index (χ2n) is 8.49. The number of hydrogen-bond acceptors (Lipinski definition) is 8. The van der Waals surface area contributed by atoms with Gasteiger partial charge in [0.15, 0.2) is 5.96 Å². The zero-order valence-electron chi connectivity index (χ0n) is 20.9. The minimum Gasteiger partial charge on any atom is -0.481 e. The predicted molar refractivity (Wildman–Crippen MR) is 131 cm³/mol. The van der Waals surface area contributed by atoms with Crippen LogP contribution < -0.4 is 38.9 Å². The fourth-order valence-electron chi connectivity index (χ4n) is 3.08. The smallest absolute Gasteiger partial charge is 0.326 e. The molecule has 0 aromatic rings. The van der Waals surface area contributed by atoms with E-state index >= 15 is 0 Å². The van der Waals surface area contributed by atoms with Crippen LogP contribution in [0, 0.1) is 5.92 Å². The summed E-state index contributed by atoms with van der Waals surface area (Å²) < 4.78 is 0. The third kappa shape index (κ3) is 13.6. The molecule has 0 bridgehead atoms. The molecule has 5 atom stereocenters. The van der Waals surface area contributed by atoms with Crippen LogP contribution in [-0.4, -0.2) is 82.5 Å². The molecule has 210 valence electrons. The van der Waals surface area contributed by atoms with Gasteiger partial charge in [0.2, 0.25) is 23.6 Å². The van der Waals surface area contributed by atoms with E-state index in [4.69, 9.17) is 22.9 Å². The first-order valence-corrected chi connectivity index (χ1v) is 11.6. The molecule has 4 amide bonds. The van der Waals surface area contributed by atoms with Crippen molar-refractivity contribution in [1.29, 1.82) is 0 Å². The minimum atomic E-state index is -1.67. The molecule has 0 aromatic heterocycles. The Balaban J connectivity index is 5.54. The van der Waals surface area contributed by atoms with Gasteiger partial charge in [-0.25, -0.2) is 4.79 Å². The molecule has 16 heteroatoms. The van der Waals surface area contributed by atoms with E-state index in [1.54, 1.807) is 13.8 Å². The second-order valence-corrected chi connectivity index (χ2v) is 8.49. The summed E-state index contributed by atoms with van der Waals surface area (Å²) in [6.45, 7) is 3.51. The number of primary amides is 1. The van der Waals surface area contributed by atoms with Gasteiger partial charge in [0, 0.05) is 13.0 Å². The van der Waals surface area contributed by atoms with Gasteiger partial charge in [-0.15, -0.1) is 0 Å². The van der Waals surface area contributed by atoms with Crippen LogP contribution in [0.1, 0.15) is 52.4 Å². The topological polar surface area (TPSA) is 295 Å². The molecular weight excluding hydrogens is 492 g/mol. The minimum absolute atomic E-state index is 0.125. The molecule has 13 N–H and O–H groups in total. The number of carboxylic acids is 2. The highest BCUT2D eigenvalue weighted by Gasteiger charge is 2.33. The van der Waals surface area contributed by atoms with Crippen LogP contribution >= 0.6 is 0 Å². The highest BCUT2D eigenvalue weighted by atomic mass is 16.4. The number of guanidine groups is 1. The van der Waals surface area contributed by atoms with Gasteiger partial charge in [0.1, 0.15) is 18.1 Å². The van der Waals surface area contributed by atoms with Crippen molar-refractivity contribution in [3.8, 4) is 0 Å². The lowest BCUT2D eigenvalue weighted by molar-refractivity contribution is -0.144. The molecule has 0 fully saturated rings. The van der Waals surface area contributed by atoms with Gasteiger partial charge in [0.05, 0.1) is 12.5 Å². The normalized spacial score (nSPS) is 14.7. The molecule has 5 unspecified atom stereocenters.